The zero-order chi connectivity index (χ0) is 12.5. The summed E-state index contributed by atoms with van der Waals surface area (Å²) >= 11 is 0. The lowest BCUT2D eigenvalue weighted by Gasteiger charge is -2.24. The number of nitrogens with zero attached hydrogens (tertiary/aromatic N) is 1. The first kappa shape index (κ1) is 12.4. The van der Waals surface area contributed by atoms with Gasteiger partial charge in [0.15, 0.2) is 0 Å². The number of amides is 2. The third kappa shape index (κ3) is 2.97. The second-order valence-electron chi connectivity index (χ2n) is 5.33. The van der Waals surface area contributed by atoms with Crippen molar-refractivity contribution in [1.29, 1.82) is 0 Å². The number of hydrogen-bond acceptors (Lipinski definition) is 3. The maximum atomic E-state index is 12.1. The molecule has 0 aromatic rings. The average molecular weight is 240 g/mol. The van der Waals surface area contributed by atoms with E-state index in [-0.39, 0.29) is 17.9 Å². The fraction of sp³-hybridized carbons (Fsp3) is 0.833. The summed E-state index contributed by atoms with van der Waals surface area (Å²) in [6, 6.07) is -0.342. The molecule has 0 aromatic carbocycles. The number of aliphatic hydroxyl groups is 1. The van der Waals surface area contributed by atoms with Crippen LogP contribution in [0.3, 0.4) is 0 Å². The topological polar surface area (TPSA) is 69.6 Å². The van der Waals surface area contributed by atoms with E-state index >= 15 is 0 Å². The fourth-order valence-corrected chi connectivity index (χ4v) is 2.50. The molecular weight excluding hydrogens is 220 g/mol. The predicted molar refractivity (Wildman–Crippen MR) is 62.2 cm³/mol. The lowest BCUT2D eigenvalue weighted by atomic mass is 9.98. The molecule has 2 aliphatic heterocycles. The van der Waals surface area contributed by atoms with E-state index in [1.165, 1.54) is 0 Å². The quantitative estimate of drug-likeness (QED) is 0.679. The van der Waals surface area contributed by atoms with Crippen LogP contribution in [0.25, 0.3) is 0 Å². The first-order chi connectivity index (χ1) is 7.98. The SMILES string of the molecule is CC1(O)CCCN(C(=O)C2CCC(=O)N2)CC1. The Morgan fingerprint density at radius 3 is 2.88 bits per heavy atom. The third-order valence-electron chi connectivity index (χ3n) is 3.67. The van der Waals surface area contributed by atoms with E-state index in [9.17, 15) is 14.7 Å². The van der Waals surface area contributed by atoms with Crippen LogP contribution in [0.2, 0.25) is 0 Å². The van der Waals surface area contributed by atoms with E-state index in [1.807, 2.05) is 6.92 Å². The van der Waals surface area contributed by atoms with Crippen molar-refractivity contribution in [2.45, 2.75) is 50.7 Å². The number of hydrogen-bond donors (Lipinski definition) is 2. The van der Waals surface area contributed by atoms with Gasteiger partial charge in [0, 0.05) is 19.5 Å². The van der Waals surface area contributed by atoms with Gasteiger partial charge < -0.3 is 15.3 Å². The monoisotopic (exact) mass is 240 g/mol. The zero-order valence-corrected chi connectivity index (χ0v) is 10.2. The minimum absolute atomic E-state index is 0.00792. The normalized spacial score (nSPS) is 34.4. The van der Waals surface area contributed by atoms with Crippen LogP contribution >= 0.6 is 0 Å². The minimum atomic E-state index is -0.659. The maximum Gasteiger partial charge on any atom is 0.245 e. The van der Waals surface area contributed by atoms with Crippen LogP contribution in [-0.4, -0.2) is 46.6 Å². The summed E-state index contributed by atoms with van der Waals surface area (Å²) in [7, 11) is 0. The molecule has 96 valence electrons. The molecule has 0 saturated carbocycles. The molecular formula is C12H20N2O3. The lowest BCUT2D eigenvalue weighted by molar-refractivity contribution is -0.134. The Labute approximate surface area is 101 Å². The Hall–Kier alpha value is -1.10. The molecule has 2 aliphatic rings. The molecule has 2 fully saturated rings. The summed E-state index contributed by atoms with van der Waals surface area (Å²) in [5.41, 5.74) is -0.659. The van der Waals surface area contributed by atoms with Crippen molar-refractivity contribution in [3.05, 3.63) is 0 Å². The molecule has 5 heteroatoms. The van der Waals surface area contributed by atoms with Gasteiger partial charge in [-0.25, -0.2) is 0 Å². The van der Waals surface area contributed by atoms with E-state index in [0.717, 1.165) is 12.8 Å². The molecule has 2 saturated heterocycles. The number of carbonyl (C=O) groups excluding carboxylic acids is 2. The van der Waals surface area contributed by atoms with Crippen molar-refractivity contribution in [2.75, 3.05) is 13.1 Å². The largest absolute Gasteiger partial charge is 0.390 e. The highest BCUT2D eigenvalue weighted by Crippen LogP contribution is 2.22. The van der Waals surface area contributed by atoms with Crippen molar-refractivity contribution in [2.24, 2.45) is 0 Å². The summed E-state index contributed by atoms with van der Waals surface area (Å²) in [5.74, 6) is -0.0290. The van der Waals surface area contributed by atoms with Crippen LogP contribution in [-0.2, 0) is 9.59 Å². The second kappa shape index (κ2) is 4.64. The van der Waals surface area contributed by atoms with Gasteiger partial charge in [0.2, 0.25) is 11.8 Å². The summed E-state index contributed by atoms with van der Waals surface area (Å²) in [5, 5.41) is 12.7. The molecule has 2 rings (SSSR count). The van der Waals surface area contributed by atoms with Gasteiger partial charge in [-0.1, -0.05) is 0 Å². The summed E-state index contributed by atoms with van der Waals surface area (Å²) in [4.78, 5) is 25.0. The minimum Gasteiger partial charge on any atom is -0.390 e. The Balaban J connectivity index is 1.93. The second-order valence-corrected chi connectivity index (χ2v) is 5.33. The average Bonchev–Trinajstić information content (AvgIpc) is 2.60. The van der Waals surface area contributed by atoms with Crippen molar-refractivity contribution < 1.29 is 14.7 Å². The van der Waals surface area contributed by atoms with Gasteiger partial charge in [-0.15, -0.1) is 0 Å². The van der Waals surface area contributed by atoms with Crippen LogP contribution < -0.4 is 5.32 Å². The number of carbonyl (C=O) groups is 2. The van der Waals surface area contributed by atoms with Crippen molar-refractivity contribution in [3.8, 4) is 0 Å². The van der Waals surface area contributed by atoms with E-state index in [4.69, 9.17) is 0 Å². The highest BCUT2D eigenvalue weighted by molar-refractivity contribution is 5.90. The maximum absolute atomic E-state index is 12.1. The smallest absolute Gasteiger partial charge is 0.245 e. The Kier molecular flexibility index (Phi) is 3.38. The highest BCUT2D eigenvalue weighted by atomic mass is 16.3. The standard InChI is InChI=1S/C12H20N2O3/c1-12(17)5-2-7-14(8-6-12)11(16)9-3-4-10(15)13-9/h9,17H,2-8H2,1H3,(H,13,15). The molecule has 2 unspecified atom stereocenters. The summed E-state index contributed by atoms with van der Waals surface area (Å²) in [6.07, 6.45) is 3.21. The Morgan fingerprint density at radius 2 is 2.24 bits per heavy atom. The third-order valence-corrected chi connectivity index (χ3v) is 3.67. The van der Waals surface area contributed by atoms with Crippen LogP contribution in [0.4, 0.5) is 0 Å². The predicted octanol–water partition coefficient (Wildman–Crippen LogP) is 0.0285. The van der Waals surface area contributed by atoms with Gasteiger partial charge in [-0.3, -0.25) is 9.59 Å². The lowest BCUT2D eigenvalue weighted by Crippen LogP contribution is -2.45. The number of likely N-dealkylation sites (tertiary alicyclic amines) is 1. The highest BCUT2D eigenvalue weighted by Gasteiger charge is 2.33. The molecule has 0 aromatic heterocycles. The van der Waals surface area contributed by atoms with Crippen molar-refractivity contribution in [1.82, 2.24) is 10.2 Å². The van der Waals surface area contributed by atoms with Gasteiger partial charge in [0.25, 0.3) is 0 Å². The van der Waals surface area contributed by atoms with E-state index in [2.05, 4.69) is 5.32 Å². The number of rotatable bonds is 1. The van der Waals surface area contributed by atoms with Crippen LogP contribution in [0.5, 0.6) is 0 Å². The van der Waals surface area contributed by atoms with Crippen LogP contribution in [0.1, 0.15) is 39.0 Å². The molecule has 0 aliphatic carbocycles. The van der Waals surface area contributed by atoms with Gasteiger partial charge in [-0.2, -0.15) is 0 Å². The van der Waals surface area contributed by atoms with Gasteiger partial charge >= 0.3 is 0 Å². The van der Waals surface area contributed by atoms with E-state index in [0.29, 0.717) is 32.4 Å². The van der Waals surface area contributed by atoms with Gasteiger partial charge in [0.05, 0.1) is 5.60 Å². The number of nitrogens with one attached hydrogen (secondary N) is 1. The van der Waals surface area contributed by atoms with Gasteiger partial charge in [0.1, 0.15) is 6.04 Å². The Bertz CT molecular complexity index is 328. The van der Waals surface area contributed by atoms with E-state index in [1.54, 1.807) is 4.90 Å². The summed E-state index contributed by atoms with van der Waals surface area (Å²) < 4.78 is 0. The fourth-order valence-electron chi connectivity index (χ4n) is 2.50. The van der Waals surface area contributed by atoms with Crippen molar-refractivity contribution in [3.63, 3.8) is 0 Å². The molecule has 17 heavy (non-hydrogen) atoms. The molecule has 2 N–H and O–H groups in total. The Morgan fingerprint density at radius 1 is 1.47 bits per heavy atom. The summed E-state index contributed by atoms with van der Waals surface area (Å²) in [6.45, 7) is 3.08. The molecule has 0 spiro atoms. The molecule has 5 nitrogen and oxygen atoms in total. The zero-order valence-electron chi connectivity index (χ0n) is 10.2. The van der Waals surface area contributed by atoms with Crippen LogP contribution in [0, 0.1) is 0 Å². The molecule has 0 bridgehead atoms. The molecule has 2 heterocycles. The van der Waals surface area contributed by atoms with Crippen LogP contribution in [0.15, 0.2) is 0 Å². The van der Waals surface area contributed by atoms with Crippen molar-refractivity contribution >= 4 is 11.8 Å². The van der Waals surface area contributed by atoms with E-state index < -0.39 is 5.60 Å². The van der Waals surface area contributed by atoms with Gasteiger partial charge in [-0.05, 0) is 32.6 Å². The first-order valence-corrected chi connectivity index (χ1v) is 6.28. The molecule has 2 amide bonds. The molecule has 2 atom stereocenters. The first-order valence-electron chi connectivity index (χ1n) is 6.28. The molecule has 0 radical (unpaired) electrons.